The van der Waals surface area contributed by atoms with Gasteiger partial charge in [-0.15, -0.1) is 0 Å². The largest absolute Gasteiger partial charge is 0.312 e. The summed E-state index contributed by atoms with van der Waals surface area (Å²) in [5.41, 5.74) is 0.307. The summed E-state index contributed by atoms with van der Waals surface area (Å²) in [5, 5.41) is 3.96. The van der Waals surface area contributed by atoms with E-state index >= 15 is 0 Å². The predicted molar refractivity (Wildman–Crippen MR) is 92.8 cm³/mol. The Hall–Kier alpha value is -0.0800. The minimum Gasteiger partial charge on any atom is -0.312 e. The zero-order chi connectivity index (χ0) is 15.1. The van der Waals surface area contributed by atoms with Gasteiger partial charge in [0, 0.05) is 11.6 Å². The minimum atomic E-state index is 0.307. The van der Waals surface area contributed by atoms with Crippen LogP contribution >= 0.6 is 0 Å². The summed E-state index contributed by atoms with van der Waals surface area (Å²) in [4.78, 5) is 2.81. The molecule has 0 amide bonds. The fourth-order valence-corrected chi connectivity index (χ4v) is 4.60. The molecule has 21 heavy (non-hydrogen) atoms. The lowest BCUT2D eigenvalue weighted by atomic mass is 9.75. The molecule has 0 bridgehead atoms. The monoisotopic (exact) mass is 294 g/mol. The molecule has 1 N–H and O–H groups in total. The quantitative estimate of drug-likeness (QED) is 0.771. The van der Waals surface area contributed by atoms with Gasteiger partial charge in [0.2, 0.25) is 0 Å². The summed E-state index contributed by atoms with van der Waals surface area (Å²) in [5.74, 6) is 0.892. The average Bonchev–Trinajstić information content (AvgIpc) is 2.78. The number of hydrogen-bond donors (Lipinski definition) is 1. The third kappa shape index (κ3) is 4.69. The predicted octanol–water partition coefficient (Wildman–Crippen LogP) is 4.59. The van der Waals surface area contributed by atoms with Crippen LogP contribution in [0.3, 0.4) is 0 Å². The molecule has 0 radical (unpaired) electrons. The first kappa shape index (κ1) is 17.3. The highest BCUT2D eigenvalue weighted by Gasteiger charge is 2.39. The molecule has 1 saturated heterocycles. The zero-order valence-corrected chi connectivity index (χ0v) is 14.8. The van der Waals surface area contributed by atoms with E-state index in [0.717, 1.165) is 5.92 Å². The molecule has 2 nitrogen and oxygen atoms in total. The second-order valence-corrected chi connectivity index (χ2v) is 7.88. The third-order valence-corrected chi connectivity index (χ3v) is 5.92. The Morgan fingerprint density at radius 3 is 2.10 bits per heavy atom. The van der Waals surface area contributed by atoms with Crippen molar-refractivity contribution in [2.75, 3.05) is 19.6 Å². The number of rotatable bonds is 6. The highest BCUT2D eigenvalue weighted by Crippen LogP contribution is 2.34. The first-order valence-corrected chi connectivity index (χ1v) is 9.64. The van der Waals surface area contributed by atoms with Crippen molar-refractivity contribution in [3.63, 3.8) is 0 Å². The summed E-state index contributed by atoms with van der Waals surface area (Å²) in [6, 6.07) is 0.677. The smallest absolute Gasteiger partial charge is 0.0308 e. The molecule has 0 aromatic heterocycles. The van der Waals surface area contributed by atoms with E-state index in [1.807, 2.05) is 0 Å². The van der Waals surface area contributed by atoms with Gasteiger partial charge in [-0.1, -0.05) is 39.0 Å². The number of nitrogens with one attached hydrogen (secondary N) is 1. The van der Waals surface area contributed by atoms with Gasteiger partial charge in [0.25, 0.3) is 0 Å². The summed E-state index contributed by atoms with van der Waals surface area (Å²) < 4.78 is 0. The van der Waals surface area contributed by atoms with Gasteiger partial charge in [-0.3, -0.25) is 4.90 Å². The second kappa shape index (κ2) is 8.53. The first-order valence-electron chi connectivity index (χ1n) is 9.64. The molecule has 2 heteroatoms. The number of hydrogen-bond acceptors (Lipinski definition) is 2. The van der Waals surface area contributed by atoms with Crippen molar-refractivity contribution in [1.29, 1.82) is 0 Å². The molecule has 1 saturated carbocycles. The van der Waals surface area contributed by atoms with Crippen LogP contribution in [0.5, 0.6) is 0 Å². The van der Waals surface area contributed by atoms with Crippen molar-refractivity contribution in [1.82, 2.24) is 10.2 Å². The van der Waals surface area contributed by atoms with E-state index in [1.165, 1.54) is 83.8 Å². The molecule has 1 atom stereocenters. The van der Waals surface area contributed by atoms with Crippen LogP contribution in [0.4, 0.5) is 0 Å². The molecule has 2 aliphatic rings. The highest BCUT2D eigenvalue weighted by molar-refractivity contribution is 4.98. The summed E-state index contributed by atoms with van der Waals surface area (Å²) in [6.07, 6.45) is 14.2. The van der Waals surface area contributed by atoms with Gasteiger partial charge in [-0.25, -0.2) is 0 Å². The molecule has 2 rings (SSSR count). The second-order valence-electron chi connectivity index (χ2n) is 7.88. The van der Waals surface area contributed by atoms with Crippen molar-refractivity contribution >= 4 is 0 Å². The van der Waals surface area contributed by atoms with Crippen LogP contribution < -0.4 is 5.32 Å². The van der Waals surface area contributed by atoms with E-state index in [1.54, 1.807) is 0 Å². The maximum atomic E-state index is 3.96. The lowest BCUT2D eigenvalue weighted by molar-refractivity contribution is 0.0488. The molecule has 1 unspecified atom stereocenters. The van der Waals surface area contributed by atoms with Crippen molar-refractivity contribution < 1.29 is 0 Å². The Morgan fingerprint density at radius 1 is 0.952 bits per heavy atom. The van der Waals surface area contributed by atoms with Gasteiger partial charge in [-0.05, 0) is 71.5 Å². The molecule has 1 aliphatic carbocycles. The normalized spacial score (nSPS) is 24.7. The van der Waals surface area contributed by atoms with Crippen LogP contribution in [0, 0.1) is 5.92 Å². The fraction of sp³-hybridized carbons (Fsp3) is 1.00. The Labute approximate surface area is 133 Å². The summed E-state index contributed by atoms with van der Waals surface area (Å²) in [7, 11) is 0. The van der Waals surface area contributed by atoms with Gasteiger partial charge in [0.1, 0.15) is 0 Å². The van der Waals surface area contributed by atoms with Gasteiger partial charge in [0.15, 0.2) is 0 Å². The van der Waals surface area contributed by atoms with Gasteiger partial charge < -0.3 is 5.32 Å². The Morgan fingerprint density at radius 2 is 1.52 bits per heavy atom. The Bertz CT molecular complexity index is 273. The standard InChI is InChI=1S/C19H38N2/c1-4-14-20-18(17-12-8-7-9-13-17)19(2,3)21-15-10-5-6-11-16-21/h17-18,20H,4-16H2,1-3H3. The molecule has 2 fully saturated rings. The molecular weight excluding hydrogens is 256 g/mol. The van der Waals surface area contributed by atoms with Gasteiger partial charge >= 0.3 is 0 Å². The van der Waals surface area contributed by atoms with Crippen LogP contribution in [-0.2, 0) is 0 Å². The van der Waals surface area contributed by atoms with E-state index in [0.29, 0.717) is 11.6 Å². The minimum absolute atomic E-state index is 0.307. The van der Waals surface area contributed by atoms with E-state index < -0.39 is 0 Å². The van der Waals surface area contributed by atoms with Crippen LogP contribution in [-0.4, -0.2) is 36.1 Å². The Balaban J connectivity index is 2.07. The maximum Gasteiger partial charge on any atom is 0.0308 e. The molecule has 0 aromatic rings. The third-order valence-electron chi connectivity index (χ3n) is 5.92. The highest BCUT2D eigenvalue weighted by atomic mass is 15.2. The molecule has 0 spiro atoms. The molecule has 0 aromatic carbocycles. The van der Waals surface area contributed by atoms with E-state index in [-0.39, 0.29) is 0 Å². The van der Waals surface area contributed by atoms with Crippen molar-refractivity contribution in [2.24, 2.45) is 5.92 Å². The van der Waals surface area contributed by atoms with Gasteiger partial charge in [0.05, 0.1) is 0 Å². The summed E-state index contributed by atoms with van der Waals surface area (Å²) in [6.45, 7) is 11.1. The van der Waals surface area contributed by atoms with Crippen LogP contribution in [0.15, 0.2) is 0 Å². The van der Waals surface area contributed by atoms with E-state index in [2.05, 4.69) is 31.0 Å². The van der Waals surface area contributed by atoms with Crippen LogP contribution in [0.2, 0.25) is 0 Å². The number of nitrogens with zero attached hydrogens (tertiary/aromatic N) is 1. The zero-order valence-electron chi connectivity index (χ0n) is 14.8. The lowest BCUT2D eigenvalue weighted by Crippen LogP contribution is -2.61. The first-order chi connectivity index (χ1) is 10.2. The van der Waals surface area contributed by atoms with Crippen molar-refractivity contribution in [3.05, 3.63) is 0 Å². The SMILES string of the molecule is CCCNC(C1CCCCC1)C(C)(C)N1CCCCCC1. The average molecular weight is 295 g/mol. The summed E-state index contributed by atoms with van der Waals surface area (Å²) >= 11 is 0. The van der Waals surface area contributed by atoms with Crippen LogP contribution in [0.1, 0.15) is 85.0 Å². The maximum absolute atomic E-state index is 3.96. The topological polar surface area (TPSA) is 15.3 Å². The molecule has 124 valence electrons. The number of likely N-dealkylation sites (tertiary alicyclic amines) is 1. The molecule has 1 heterocycles. The van der Waals surface area contributed by atoms with Gasteiger partial charge in [-0.2, -0.15) is 0 Å². The van der Waals surface area contributed by atoms with Crippen molar-refractivity contribution in [2.45, 2.75) is 96.6 Å². The van der Waals surface area contributed by atoms with E-state index in [4.69, 9.17) is 0 Å². The Kier molecular flexibility index (Phi) is 7.01. The fourth-order valence-electron chi connectivity index (χ4n) is 4.60. The van der Waals surface area contributed by atoms with E-state index in [9.17, 15) is 0 Å². The molecular formula is C19H38N2. The lowest BCUT2D eigenvalue weighted by Gasteiger charge is -2.48. The van der Waals surface area contributed by atoms with Crippen molar-refractivity contribution in [3.8, 4) is 0 Å². The molecule has 1 aliphatic heterocycles. The van der Waals surface area contributed by atoms with Crippen LogP contribution in [0.25, 0.3) is 0 Å².